The van der Waals surface area contributed by atoms with Gasteiger partial charge >= 0.3 is 5.97 Å². The number of fused-ring (bicyclic) bond motifs is 1. The van der Waals surface area contributed by atoms with Crippen molar-refractivity contribution in [3.63, 3.8) is 0 Å². The maximum atomic E-state index is 12.6. The van der Waals surface area contributed by atoms with Crippen molar-refractivity contribution in [3.05, 3.63) is 63.4 Å². The predicted octanol–water partition coefficient (Wildman–Crippen LogP) is 1.83. The van der Waals surface area contributed by atoms with Crippen LogP contribution in [0.4, 0.5) is 5.82 Å². The molecular formula is C19H14ClN3O5. The number of halogens is 1. The maximum absolute atomic E-state index is 12.6. The highest BCUT2D eigenvalue weighted by Gasteiger charge is 2.30. The number of carboxylic acid groups (broad SMARTS) is 1. The lowest BCUT2D eigenvalue weighted by Gasteiger charge is -2.18. The molecule has 0 aliphatic carbocycles. The van der Waals surface area contributed by atoms with Gasteiger partial charge in [0.25, 0.3) is 0 Å². The van der Waals surface area contributed by atoms with E-state index in [1.807, 2.05) is 0 Å². The van der Waals surface area contributed by atoms with Crippen LogP contribution in [0.15, 0.2) is 47.4 Å². The molecule has 1 atom stereocenters. The minimum atomic E-state index is -1.37. The number of rotatable bonds is 3. The van der Waals surface area contributed by atoms with Crippen LogP contribution in [-0.2, 0) is 4.79 Å². The van der Waals surface area contributed by atoms with Gasteiger partial charge < -0.3 is 10.2 Å². The van der Waals surface area contributed by atoms with E-state index in [1.54, 1.807) is 24.3 Å². The number of amides is 1. The molecule has 0 radical (unpaired) electrons. The van der Waals surface area contributed by atoms with Gasteiger partial charge in [-0.3, -0.25) is 19.1 Å². The van der Waals surface area contributed by atoms with Crippen LogP contribution in [0.25, 0.3) is 16.7 Å². The van der Waals surface area contributed by atoms with Gasteiger partial charge in [0.15, 0.2) is 5.65 Å². The van der Waals surface area contributed by atoms with E-state index in [0.717, 1.165) is 0 Å². The number of aliphatic hydroxyl groups is 1. The number of carbonyl (C=O) groups is 2. The van der Waals surface area contributed by atoms with E-state index in [4.69, 9.17) is 11.6 Å². The molecule has 3 heterocycles. The number of anilines is 1. The number of para-hydroxylation sites is 1. The predicted molar refractivity (Wildman–Crippen MR) is 102 cm³/mol. The number of benzene rings is 1. The number of aromatic nitrogens is 2. The fraction of sp³-hybridized carbons (Fsp3) is 0.158. The highest BCUT2D eigenvalue weighted by Crippen LogP contribution is 2.26. The van der Waals surface area contributed by atoms with Gasteiger partial charge in [-0.2, -0.15) is 0 Å². The molecule has 1 aliphatic heterocycles. The fourth-order valence-electron chi connectivity index (χ4n) is 3.24. The summed E-state index contributed by atoms with van der Waals surface area (Å²) < 4.78 is 1.42. The molecule has 0 saturated carbocycles. The molecule has 4 rings (SSSR count). The van der Waals surface area contributed by atoms with Crippen LogP contribution in [0, 0.1) is 0 Å². The zero-order valence-electron chi connectivity index (χ0n) is 14.4. The average Bonchev–Trinajstić information content (AvgIpc) is 3.00. The molecule has 9 heteroatoms. The van der Waals surface area contributed by atoms with Gasteiger partial charge in [-0.05, 0) is 24.3 Å². The highest BCUT2D eigenvalue weighted by molar-refractivity contribution is 6.32. The van der Waals surface area contributed by atoms with Crippen LogP contribution in [-0.4, -0.2) is 44.3 Å². The Morgan fingerprint density at radius 2 is 1.93 bits per heavy atom. The largest absolute Gasteiger partial charge is 0.477 e. The number of β-amino-alcohol motifs (C(OH)–C–C–N with tert-alkyl or cyclic N) is 1. The quantitative estimate of drug-likeness (QED) is 0.694. The smallest absolute Gasteiger partial charge is 0.341 e. The third-order valence-electron chi connectivity index (χ3n) is 4.56. The lowest BCUT2D eigenvalue weighted by Crippen LogP contribution is -2.27. The highest BCUT2D eigenvalue weighted by atomic mass is 35.5. The summed E-state index contributed by atoms with van der Waals surface area (Å²) in [5.74, 6) is -1.39. The number of carboxylic acids is 1. The summed E-state index contributed by atoms with van der Waals surface area (Å²) in [5.41, 5.74) is -0.504. The third kappa shape index (κ3) is 2.92. The first kappa shape index (κ1) is 18.1. The summed E-state index contributed by atoms with van der Waals surface area (Å²) in [6.45, 7) is 0.0981. The summed E-state index contributed by atoms with van der Waals surface area (Å²) in [4.78, 5) is 42.0. The van der Waals surface area contributed by atoms with Gasteiger partial charge in [0.2, 0.25) is 11.3 Å². The Labute approximate surface area is 163 Å². The number of carbonyl (C=O) groups excluding carboxylic acids is 1. The van der Waals surface area contributed by atoms with Crippen molar-refractivity contribution < 1.29 is 19.8 Å². The van der Waals surface area contributed by atoms with Gasteiger partial charge in [0, 0.05) is 6.20 Å². The average molecular weight is 400 g/mol. The molecule has 0 bridgehead atoms. The molecule has 3 aromatic rings. The Kier molecular flexibility index (Phi) is 4.37. The first-order valence-electron chi connectivity index (χ1n) is 8.40. The SMILES string of the molecule is O=C(O)c1cn(-c2ccccc2Cl)c2nc(N3CC(O)CC3=O)ccc2c1=O. The van der Waals surface area contributed by atoms with Gasteiger partial charge in [0.1, 0.15) is 11.4 Å². The number of hydrogen-bond donors (Lipinski definition) is 2. The number of nitrogens with zero attached hydrogens (tertiary/aromatic N) is 3. The molecule has 28 heavy (non-hydrogen) atoms. The first-order valence-corrected chi connectivity index (χ1v) is 8.77. The molecule has 2 N–H and O–H groups in total. The van der Waals surface area contributed by atoms with E-state index < -0.39 is 23.1 Å². The van der Waals surface area contributed by atoms with Crippen LogP contribution >= 0.6 is 11.6 Å². The molecule has 1 unspecified atom stereocenters. The molecule has 0 spiro atoms. The van der Waals surface area contributed by atoms with E-state index in [1.165, 1.54) is 27.8 Å². The van der Waals surface area contributed by atoms with E-state index >= 15 is 0 Å². The second kappa shape index (κ2) is 6.74. The Morgan fingerprint density at radius 1 is 1.18 bits per heavy atom. The summed E-state index contributed by atoms with van der Waals surface area (Å²) in [5, 5.41) is 19.6. The number of aromatic carboxylic acids is 1. The van der Waals surface area contributed by atoms with Crippen LogP contribution in [0.2, 0.25) is 5.02 Å². The summed E-state index contributed by atoms with van der Waals surface area (Å²) in [7, 11) is 0. The lowest BCUT2D eigenvalue weighted by molar-refractivity contribution is -0.117. The Hall–Kier alpha value is -3.23. The van der Waals surface area contributed by atoms with Crippen molar-refractivity contribution in [1.82, 2.24) is 9.55 Å². The van der Waals surface area contributed by atoms with Crippen LogP contribution < -0.4 is 10.3 Å². The van der Waals surface area contributed by atoms with Crippen molar-refractivity contribution in [1.29, 1.82) is 0 Å². The molecule has 1 aromatic carbocycles. The van der Waals surface area contributed by atoms with E-state index in [-0.39, 0.29) is 35.7 Å². The van der Waals surface area contributed by atoms with Gasteiger partial charge in [-0.25, -0.2) is 9.78 Å². The Bertz CT molecular complexity index is 1190. The molecular weight excluding hydrogens is 386 g/mol. The molecule has 1 aliphatic rings. The van der Waals surface area contributed by atoms with Crippen molar-refractivity contribution in [3.8, 4) is 5.69 Å². The summed E-state index contributed by atoms with van der Waals surface area (Å²) in [6.07, 6.45) is 0.380. The minimum Gasteiger partial charge on any atom is -0.477 e. The van der Waals surface area contributed by atoms with Gasteiger partial charge in [0.05, 0.1) is 35.2 Å². The monoisotopic (exact) mass is 399 g/mol. The summed E-state index contributed by atoms with van der Waals surface area (Å²) >= 11 is 6.27. The number of pyridine rings is 2. The third-order valence-corrected chi connectivity index (χ3v) is 4.88. The van der Waals surface area contributed by atoms with E-state index in [0.29, 0.717) is 10.7 Å². The van der Waals surface area contributed by atoms with Crippen LogP contribution in [0.3, 0.4) is 0 Å². The van der Waals surface area contributed by atoms with Crippen molar-refractivity contribution >= 4 is 40.3 Å². The maximum Gasteiger partial charge on any atom is 0.341 e. The van der Waals surface area contributed by atoms with Gasteiger partial charge in [-0.15, -0.1) is 0 Å². The summed E-state index contributed by atoms with van der Waals surface area (Å²) in [6, 6.07) is 9.62. The normalized spacial score (nSPS) is 16.7. The standard InChI is InChI=1S/C19H14ClN3O5/c20-13-3-1-2-4-14(13)22-9-12(19(27)28)17(26)11-5-6-15(21-18(11)22)23-8-10(24)7-16(23)25/h1-6,9-10,24H,7-8H2,(H,27,28). The zero-order valence-corrected chi connectivity index (χ0v) is 15.1. The van der Waals surface area contributed by atoms with E-state index in [2.05, 4.69) is 4.98 Å². The Balaban J connectivity index is 2.02. The number of aliphatic hydroxyl groups excluding tert-OH is 1. The lowest BCUT2D eigenvalue weighted by atomic mass is 10.1. The Morgan fingerprint density at radius 3 is 2.57 bits per heavy atom. The first-order chi connectivity index (χ1) is 13.4. The number of hydrogen-bond acceptors (Lipinski definition) is 5. The molecule has 142 valence electrons. The van der Waals surface area contributed by atoms with Crippen LogP contribution in [0.1, 0.15) is 16.8 Å². The van der Waals surface area contributed by atoms with Gasteiger partial charge in [-0.1, -0.05) is 23.7 Å². The second-order valence-electron chi connectivity index (χ2n) is 6.40. The topological polar surface area (TPSA) is 113 Å². The van der Waals surface area contributed by atoms with E-state index in [9.17, 15) is 24.6 Å². The van der Waals surface area contributed by atoms with Crippen LogP contribution in [0.5, 0.6) is 0 Å². The fourth-order valence-corrected chi connectivity index (χ4v) is 3.46. The van der Waals surface area contributed by atoms with Crippen molar-refractivity contribution in [2.75, 3.05) is 11.4 Å². The molecule has 1 saturated heterocycles. The van der Waals surface area contributed by atoms with Crippen molar-refractivity contribution in [2.45, 2.75) is 12.5 Å². The minimum absolute atomic E-state index is 0.00497. The molecule has 1 fully saturated rings. The zero-order chi connectivity index (χ0) is 20.0. The molecule has 8 nitrogen and oxygen atoms in total. The second-order valence-corrected chi connectivity index (χ2v) is 6.81. The molecule has 2 aromatic heterocycles. The molecule has 1 amide bonds. The van der Waals surface area contributed by atoms with Crippen molar-refractivity contribution in [2.24, 2.45) is 0 Å².